The van der Waals surface area contributed by atoms with Crippen molar-refractivity contribution in [3.63, 3.8) is 0 Å². The fourth-order valence-electron chi connectivity index (χ4n) is 4.52. The Morgan fingerprint density at radius 1 is 1.10 bits per heavy atom. The van der Waals surface area contributed by atoms with E-state index in [1.165, 1.54) is 49.3 Å². The molecular formula is C28H25NS. The van der Waals surface area contributed by atoms with Crippen LogP contribution < -0.4 is 0 Å². The van der Waals surface area contributed by atoms with Gasteiger partial charge < -0.3 is 4.98 Å². The van der Waals surface area contributed by atoms with E-state index < -0.39 is 0 Å². The summed E-state index contributed by atoms with van der Waals surface area (Å²) < 4.78 is 0. The lowest BCUT2D eigenvalue weighted by Gasteiger charge is -2.16. The molecule has 148 valence electrons. The van der Waals surface area contributed by atoms with Crippen LogP contribution >= 0.6 is 11.8 Å². The molecule has 2 aromatic carbocycles. The van der Waals surface area contributed by atoms with Gasteiger partial charge in [0.05, 0.1) is 11.2 Å². The second-order valence-corrected chi connectivity index (χ2v) is 8.91. The minimum Gasteiger partial charge on any atom is -0.354 e. The molecule has 0 saturated heterocycles. The predicted octanol–water partition coefficient (Wildman–Crippen LogP) is 8.19. The van der Waals surface area contributed by atoms with Crippen LogP contribution in [-0.4, -0.2) is 10.2 Å². The molecule has 30 heavy (non-hydrogen) atoms. The molecule has 1 aliphatic carbocycles. The number of benzene rings is 2. The van der Waals surface area contributed by atoms with Crippen molar-refractivity contribution < 1.29 is 0 Å². The molecule has 0 bridgehead atoms. The molecule has 2 heterocycles. The van der Waals surface area contributed by atoms with Crippen LogP contribution in [0.3, 0.4) is 0 Å². The van der Waals surface area contributed by atoms with E-state index in [1.54, 1.807) is 0 Å². The highest BCUT2D eigenvalue weighted by atomic mass is 32.2. The number of aromatic amines is 1. The van der Waals surface area contributed by atoms with E-state index in [-0.39, 0.29) is 0 Å². The maximum atomic E-state index is 4.02. The number of para-hydroxylation sites is 1. The number of aromatic nitrogens is 1. The summed E-state index contributed by atoms with van der Waals surface area (Å²) in [5.41, 5.74) is 8.96. The SMILES string of the molecule is C=CC[C@H]1Sc2ccccc2-c2c([nH]c3c(C4=CC=CCC=C4)cccc23)/C1=C/C. The second kappa shape index (κ2) is 8.04. The first-order chi connectivity index (χ1) is 14.8. The highest BCUT2D eigenvalue weighted by Gasteiger charge is 2.28. The summed E-state index contributed by atoms with van der Waals surface area (Å²) in [5.74, 6) is 0. The third-order valence-electron chi connectivity index (χ3n) is 5.88. The Morgan fingerprint density at radius 2 is 1.97 bits per heavy atom. The average molecular weight is 408 g/mol. The monoisotopic (exact) mass is 407 g/mol. The fourth-order valence-corrected chi connectivity index (χ4v) is 5.90. The first kappa shape index (κ1) is 19.0. The third-order valence-corrected chi connectivity index (χ3v) is 7.22. The Kier molecular flexibility index (Phi) is 5.10. The Balaban J connectivity index is 1.83. The fraction of sp³-hybridized carbons (Fsp3) is 0.143. The summed E-state index contributed by atoms with van der Waals surface area (Å²) in [6, 6.07) is 15.5. The first-order valence-electron chi connectivity index (χ1n) is 10.5. The van der Waals surface area contributed by atoms with Gasteiger partial charge in [0.2, 0.25) is 0 Å². The van der Waals surface area contributed by atoms with Crippen LogP contribution in [0.2, 0.25) is 0 Å². The summed E-state index contributed by atoms with van der Waals surface area (Å²) in [4.78, 5) is 5.20. The lowest BCUT2D eigenvalue weighted by atomic mass is 9.95. The maximum absolute atomic E-state index is 4.02. The van der Waals surface area contributed by atoms with Crippen molar-refractivity contribution in [2.24, 2.45) is 0 Å². The minimum atomic E-state index is 0.353. The zero-order valence-electron chi connectivity index (χ0n) is 17.2. The highest BCUT2D eigenvalue weighted by molar-refractivity contribution is 8.00. The van der Waals surface area contributed by atoms with Crippen molar-refractivity contribution in [3.8, 4) is 11.1 Å². The van der Waals surface area contributed by atoms with Crippen LogP contribution in [0.1, 0.15) is 31.0 Å². The number of hydrogen-bond acceptors (Lipinski definition) is 1. The van der Waals surface area contributed by atoms with E-state index in [9.17, 15) is 0 Å². The third kappa shape index (κ3) is 3.12. The van der Waals surface area contributed by atoms with E-state index >= 15 is 0 Å². The molecule has 5 rings (SSSR count). The van der Waals surface area contributed by atoms with E-state index in [2.05, 4.69) is 97.4 Å². The number of H-pyrrole nitrogens is 1. The molecule has 0 saturated carbocycles. The van der Waals surface area contributed by atoms with Gasteiger partial charge in [0.1, 0.15) is 0 Å². The van der Waals surface area contributed by atoms with Crippen molar-refractivity contribution in [2.45, 2.75) is 29.9 Å². The van der Waals surface area contributed by atoms with Crippen LogP contribution in [-0.2, 0) is 0 Å². The largest absolute Gasteiger partial charge is 0.354 e. The van der Waals surface area contributed by atoms with E-state index in [0.717, 1.165) is 12.8 Å². The molecule has 2 heteroatoms. The first-order valence-corrected chi connectivity index (χ1v) is 11.4. The molecular weight excluding hydrogens is 382 g/mol. The number of nitrogens with one attached hydrogen (secondary N) is 1. The lowest BCUT2D eigenvalue weighted by Crippen LogP contribution is -2.04. The van der Waals surface area contributed by atoms with Gasteiger partial charge in [-0.05, 0) is 42.5 Å². The van der Waals surface area contributed by atoms with Gasteiger partial charge in [0, 0.05) is 26.7 Å². The number of fused-ring (bicyclic) bond motifs is 5. The van der Waals surface area contributed by atoms with Crippen LogP contribution in [0.15, 0.2) is 96.5 Å². The van der Waals surface area contributed by atoms with Gasteiger partial charge in [-0.1, -0.05) is 78.9 Å². The molecule has 1 nitrogen and oxygen atoms in total. The van der Waals surface area contributed by atoms with E-state index in [0.29, 0.717) is 5.25 Å². The second-order valence-electron chi connectivity index (χ2n) is 7.66. The molecule has 2 aliphatic rings. The number of allylic oxidation sites excluding steroid dienone is 8. The topological polar surface area (TPSA) is 15.8 Å². The molecule has 1 aliphatic heterocycles. The Morgan fingerprint density at radius 3 is 2.83 bits per heavy atom. The molecule has 0 fully saturated rings. The summed E-state index contributed by atoms with van der Waals surface area (Å²) in [5, 5.41) is 1.64. The van der Waals surface area contributed by atoms with Crippen LogP contribution in [0.4, 0.5) is 0 Å². The summed E-state index contributed by atoms with van der Waals surface area (Å²) in [6.07, 6.45) is 17.3. The highest BCUT2D eigenvalue weighted by Crippen LogP contribution is 2.49. The maximum Gasteiger partial charge on any atom is 0.0544 e. The molecule has 3 aromatic rings. The molecule has 1 atom stereocenters. The van der Waals surface area contributed by atoms with Gasteiger partial charge in [0.15, 0.2) is 0 Å². The Bertz CT molecular complexity index is 1250. The van der Waals surface area contributed by atoms with E-state index in [4.69, 9.17) is 0 Å². The normalized spacial score (nSPS) is 19.2. The van der Waals surface area contributed by atoms with Gasteiger partial charge in [-0.25, -0.2) is 0 Å². The zero-order chi connectivity index (χ0) is 20.5. The smallest absolute Gasteiger partial charge is 0.0544 e. The summed E-state index contributed by atoms with van der Waals surface area (Å²) in [7, 11) is 0. The predicted molar refractivity (Wildman–Crippen MR) is 133 cm³/mol. The van der Waals surface area contributed by atoms with Gasteiger partial charge in [-0.2, -0.15) is 0 Å². The number of thioether (sulfide) groups is 1. The van der Waals surface area contributed by atoms with Gasteiger partial charge >= 0.3 is 0 Å². The molecule has 1 N–H and O–H groups in total. The van der Waals surface area contributed by atoms with Gasteiger partial charge in [-0.15, -0.1) is 18.3 Å². The summed E-state index contributed by atoms with van der Waals surface area (Å²) in [6.45, 7) is 6.17. The van der Waals surface area contributed by atoms with Crippen molar-refractivity contribution >= 4 is 33.8 Å². The van der Waals surface area contributed by atoms with Crippen LogP contribution in [0, 0.1) is 0 Å². The van der Waals surface area contributed by atoms with Crippen molar-refractivity contribution in [3.05, 3.63) is 103 Å². The number of rotatable bonds is 3. The Labute approximate surface area is 182 Å². The van der Waals surface area contributed by atoms with Crippen molar-refractivity contribution in [1.29, 1.82) is 0 Å². The van der Waals surface area contributed by atoms with Crippen molar-refractivity contribution in [1.82, 2.24) is 4.98 Å². The zero-order valence-corrected chi connectivity index (χ0v) is 18.0. The van der Waals surface area contributed by atoms with Gasteiger partial charge in [-0.3, -0.25) is 0 Å². The molecule has 0 radical (unpaired) electrons. The van der Waals surface area contributed by atoms with Crippen LogP contribution in [0.25, 0.3) is 33.2 Å². The molecule has 0 unspecified atom stereocenters. The van der Waals surface area contributed by atoms with Crippen molar-refractivity contribution in [2.75, 3.05) is 0 Å². The standard InChI is InChI=1S/C28H25NS/c1-3-12-24-20(4-2)28-26(22-15-9-10-18-25(22)30-24)23-17-11-16-21(27(23)29-28)19-13-7-5-6-8-14-19/h3-5,7-11,13-18,24,29H,1,6,12H2,2H3/b20-4+/t24-/m1/s1. The molecule has 0 amide bonds. The molecule has 0 spiro atoms. The average Bonchev–Trinajstić information content (AvgIpc) is 2.91. The van der Waals surface area contributed by atoms with E-state index in [1.807, 2.05) is 17.8 Å². The quantitative estimate of drug-likeness (QED) is 0.433. The summed E-state index contributed by atoms with van der Waals surface area (Å²) >= 11 is 1.95. The molecule has 1 aromatic heterocycles. The minimum absolute atomic E-state index is 0.353. The Hall–Kier alpha value is -2.97. The number of hydrogen-bond donors (Lipinski definition) is 1. The lowest BCUT2D eigenvalue weighted by molar-refractivity contribution is 1.08. The van der Waals surface area contributed by atoms with Crippen LogP contribution in [0.5, 0.6) is 0 Å². The van der Waals surface area contributed by atoms with Gasteiger partial charge in [0.25, 0.3) is 0 Å².